The fraction of sp³-hybridized carbons (Fsp3) is 0.789. The van der Waals surface area contributed by atoms with Crippen LogP contribution in [0.3, 0.4) is 0 Å². The molecular formula is C19H28N4OS. The number of rotatable bonds is 4. The second-order valence-corrected chi connectivity index (χ2v) is 9.51. The summed E-state index contributed by atoms with van der Waals surface area (Å²) in [5.74, 6) is 4.11. The Morgan fingerprint density at radius 3 is 2.36 bits per heavy atom. The normalized spacial score (nSPS) is 38.2. The smallest absolute Gasteiger partial charge is 0.240 e. The maximum atomic E-state index is 12.2. The molecule has 1 N–H and O–H groups in total. The molecule has 0 spiro atoms. The molecule has 136 valence electrons. The van der Waals surface area contributed by atoms with Gasteiger partial charge in [0, 0.05) is 43.8 Å². The van der Waals surface area contributed by atoms with Crippen LogP contribution in [0.4, 0.5) is 5.13 Å². The number of thiazole rings is 1. The molecule has 1 aliphatic heterocycles. The molecule has 2 heterocycles. The summed E-state index contributed by atoms with van der Waals surface area (Å²) in [6, 6.07) is 0.846. The number of carbonyl (C=O) groups is 1. The van der Waals surface area contributed by atoms with Gasteiger partial charge in [-0.05, 0) is 55.8 Å². The molecule has 6 rings (SSSR count). The Morgan fingerprint density at radius 2 is 1.76 bits per heavy atom. The van der Waals surface area contributed by atoms with Crippen molar-refractivity contribution in [1.82, 2.24) is 14.8 Å². The first kappa shape index (κ1) is 16.2. The molecule has 4 aliphatic carbocycles. The van der Waals surface area contributed by atoms with E-state index in [-0.39, 0.29) is 5.91 Å². The van der Waals surface area contributed by atoms with E-state index in [0.717, 1.165) is 55.9 Å². The molecule has 1 saturated heterocycles. The number of nitrogens with one attached hydrogen (secondary N) is 1. The summed E-state index contributed by atoms with van der Waals surface area (Å²) >= 11 is 1.48. The average Bonchev–Trinajstić information content (AvgIpc) is 3.08. The Bertz CT molecular complexity index is 583. The van der Waals surface area contributed by atoms with Crippen LogP contribution < -0.4 is 5.32 Å². The van der Waals surface area contributed by atoms with E-state index in [9.17, 15) is 4.79 Å². The van der Waals surface area contributed by atoms with Crippen molar-refractivity contribution in [3.8, 4) is 0 Å². The zero-order chi connectivity index (χ0) is 16.8. The molecule has 5 fully saturated rings. The van der Waals surface area contributed by atoms with Crippen LogP contribution in [0.1, 0.15) is 32.1 Å². The van der Waals surface area contributed by atoms with Crippen LogP contribution in [-0.4, -0.2) is 59.5 Å². The van der Waals surface area contributed by atoms with Gasteiger partial charge < -0.3 is 5.32 Å². The summed E-state index contributed by atoms with van der Waals surface area (Å²) in [6.07, 6.45) is 9.23. The van der Waals surface area contributed by atoms with Gasteiger partial charge in [-0.2, -0.15) is 0 Å². The van der Waals surface area contributed by atoms with Gasteiger partial charge in [-0.1, -0.05) is 0 Å². The fourth-order valence-corrected chi connectivity index (χ4v) is 6.90. The lowest BCUT2D eigenvalue weighted by atomic mass is 9.54. The molecule has 4 bridgehead atoms. The van der Waals surface area contributed by atoms with Crippen molar-refractivity contribution in [3.63, 3.8) is 0 Å². The first-order valence-corrected chi connectivity index (χ1v) is 10.8. The summed E-state index contributed by atoms with van der Waals surface area (Å²) < 4.78 is 0. The summed E-state index contributed by atoms with van der Waals surface area (Å²) in [7, 11) is 0. The molecular weight excluding hydrogens is 332 g/mol. The van der Waals surface area contributed by atoms with E-state index in [4.69, 9.17) is 0 Å². The van der Waals surface area contributed by atoms with E-state index in [1.807, 2.05) is 5.38 Å². The lowest BCUT2D eigenvalue weighted by Gasteiger charge is -2.58. The van der Waals surface area contributed by atoms with Crippen molar-refractivity contribution < 1.29 is 4.79 Å². The van der Waals surface area contributed by atoms with Gasteiger partial charge in [0.2, 0.25) is 5.91 Å². The van der Waals surface area contributed by atoms with Gasteiger partial charge >= 0.3 is 0 Å². The van der Waals surface area contributed by atoms with E-state index >= 15 is 0 Å². The van der Waals surface area contributed by atoms with Crippen molar-refractivity contribution in [2.75, 3.05) is 38.0 Å². The van der Waals surface area contributed by atoms with Gasteiger partial charge in [0.05, 0.1) is 6.54 Å². The summed E-state index contributed by atoms with van der Waals surface area (Å²) in [6.45, 7) is 4.81. The summed E-state index contributed by atoms with van der Waals surface area (Å²) in [5.41, 5.74) is 0. The van der Waals surface area contributed by atoms with Crippen molar-refractivity contribution in [1.29, 1.82) is 0 Å². The largest absolute Gasteiger partial charge is 0.301 e. The molecule has 0 atom stereocenters. The standard InChI is InChI=1S/C19H28N4OS/c24-17(21-19-20-1-6-25-19)12-22-2-4-23(5-3-22)18-15-8-13-7-14(10-15)11-16(18)9-13/h1,6,13-16,18H,2-5,7-12H2,(H,20,21,24). The highest BCUT2D eigenvalue weighted by atomic mass is 32.1. The molecule has 1 amide bonds. The monoisotopic (exact) mass is 360 g/mol. The third kappa shape index (κ3) is 3.24. The zero-order valence-corrected chi connectivity index (χ0v) is 15.6. The Labute approximate surface area is 153 Å². The van der Waals surface area contributed by atoms with Crippen LogP contribution in [0.5, 0.6) is 0 Å². The van der Waals surface area contributed by atoms with Gasteiger partial charge in [-0.15, -0.1) is 11.3 Å². The average molecular weight is 361 g/mol. The van der Waals surface area contributed by atoms with Crippen LogP contribution in [0.25, 0.3) is 0 Å². The number of aromatic nitrogens is 1. The van der Waals surface area contributed by atoms with E-state index < -0.39 is 0 Å². The van der Waals surface area contributed by atoms with Crippen molar-refractivity contribution in [3.05, 3.63) is 11.6 Å². The first-order valence-electron chi connectivity index (χ1n) is 9.90. The van der Waals surface area contributed by atoms with E-state index in [1.54, 1.807) is 6.20 Å². The molecule has 1 aromatic heterocycles. The predicted molar refractivity (Wildman–Crippen MR) is 99.6 cm³/mol. The quantitative estimate of drug-likeness (QED) is 0.896. The predicted octanol–water partition coefficient (Wildman–Crippen LogP) is 2.52. The first-order chi connectivity index (χ1) is 12.2. The summed E-state index contributed by atoms with van der Waals surface area (Å²) in [4.78, 5) is 21.4. The number of carbonyl (C=O) groups excluding carboxylic acids is 1. The number of anilines is 1. The van der Waals surface area contributed by atoms with Crippen LogP contribution >= 0.6 is 11.3 Å². The Balaban J connectivity index is 1.13. The number of piperazine rings is 1. The molecule has 0 unspecified atom stereocenters. The lowest BCUT2D eigenvalue weighted by Crippen LogP contribution is -2.60. The number of hydrogen-bond donors (Lipinski definition) is 1. The van der Waals surface area contributed by atoms with Crippen molar-refractivity contribution in [2.45, 2.75) is 38.1 Å². The highest BCUT2D eigenvalue weighted by Crippen LogP contribution is 2.55. The third-order valence-corrected chi connectivity index (χ3v) is 7.74. The number of amides is 1. The van der Waals surface area contributed by atoms with Crippen LogP contribution in [0, 0.1) is 23.7 Å². The zero-order valence-electron chi connectivity index (χ0n) is 14.8. The second-order valence-electron chi connectivity index (χ2n) is 8.62. The van der Waals surface area contributed by atoms with Crippen LogP contribution in [0.15, 0.2) is 11.6 Å². The maximum absolute atomic E-state index is 12.2. The van der Waals surface area contributed by atoms with Crippen LogP contribution in [-0.2, 0) is 4.79 Å². The highest BCUT2D eigenvalue weighted by Gasteiger charge is 2.50. The third-order valence-electron chi connectivity index (χ3n) is 7.05. The highest BCUT2D eigenvalue weighted by molar-refractivity contribution is 7.13. The van der Waals surface area contributed by atoms with Gasteiger partial charge in [-0.25, -0.2) is 4.98 Å². The van der Waals surface area contributed by atoms with Crippen molar-refractivity contribution >= 4 is 22.4 Å². The molecule has 0 radical (unpaired) electrons. The molecule has 5 nitrogen and oxygen atoms in total. The van der Waals surface area contributed by atoms with Gasteiger partial charge in [0.25, 0.3) is 0 Å². The minimum atomic E-state index is 0.0676. The second kappa shape index (κ2) is 6.63. The van der Waals surface area contributed by atoms with Gasteiger partial charge in [0.15, 0.2) is 5.13 Å². The van der Waals surface area contributed by atoms with Crippen LogP contribution in [0.2, 0.25) is 0 Å². The van der Waals surface area contributed by atoms with Gasteiger partial charge in [0.1, 0.15) is 0 Å². The Morgan fingerprint density at radius 1 is 1.08 bits per heavy atom. The topological polar surface area (TPSA) is 48.5 Å². The molecule has 0 aromatic carbocycles. The Hall–Kier alpha value is -0.980. The number of hydrogen-bond acceptors (Lipinski definition) is 5. The fourth-order valence-electron chi connectivity index (χ4n) is 6.36. The van der Waals surface area contributed by atoms with Gasteiger partial charge in [-0.3, -0.25) is 14.6 Å². The molecule has 5 aliphatic rings. The summed E-state index contributed by atoms with van der Waals surface area (Å²) in [5, 5.41) is 5.49. The number of nitrogens with zero attached hydrogens (tertiary/aromatic N) is 3. The molecule has 1 aromatic rings. The van der Waals surface area contributed by atoms with E-state index in [1.165, 1.54) is 43.4 Å². The molecule has 6 heteroatoms. The minimum Gasteiger partial charge on any atom is -0.301 e. The van der Waals surface area contributed by atoms with Crippen molar-refractivity contribution in [2.24, 2.45) is 23.7 Å². The minimum absolute atomic E-state index is 0.0676. The molecule has 25 heavy (non-hydrogen) atoms. The van der Waals surface area contributed by atoms with E-state index in [2.05, 4.69) is 20.1 Å². The SMILES string of the molecule is O=C(CN1CCN(C2C3CC4CC(C3)CC2C4)CC1)Nc1nccs1. The lowest BCUT2D eigenvalue weighted by molar-refractivity contribution is -0.118. The Kier molecular flexibility index (Phi) is 4.30. The maximum Gasteiger partial charge on any atom is 0.240 e. The van der Waals surface area contributed by atoms with E-state index in [0.29, 0.717) is 11.7 Å². The molecule has 4 saturated carbocycles.